The Morgan fingerprint density at radius 1 is 1.04 bits per heavy atom. The predicted octanol–water partition coefficient (Wildman–Crippen LogP) is 5.09. The molecule has 1 amide bonds. The van der Waals surface area contributed by atoms with E-state index >= 15 is 0 Å². The molecule has 0 bridgehead atoms. The molecule has 0 atom stereocenters. The predicted molar refractivity (Wildman–Crippen MR) is 91.8 cm³/mol. The number of rotatable bonds is 5. The standard InChI is InChI=1S/C20H20F3NO2/c21-20(22,23)15-6-4-8-17(12-15)26-16-7-3-5-14(11-16)13-19(18(24)25)9-1-2-10-19/h3-8,11-12H,1-2,9-10,13H2,(H2,24,25). The van der Waals surface area contributed by atoms with Crippen molar-refractivity contribution in [3.05, 3.63) is 59.7 Å². The van der Waals surface area contributed by atoms with Gasteiger partial charge < -0.3 is 10.5 Å². The second-order valence-corrected chi connectivity index (χ2v) is 6.80. The number of amides is 1. The molecule has 3 rings (SSSR count). The third-order valence-corrected chi connectivity index (χ3v) is 4.92. The second-order valence-electron chi connectivity index (χ2n) is 6.80. The lowest BCUT2D eigenvalue weighted by atomic mass is 9.79. The maximum Gasteiger partial charge on any atom is 0.416 e. The summed E-state index contributed by atoms with van der Waals surface area (Å²) in [7, 11) is 0. The quantitative estimate of drug-likeness (QED) is 0.805. The van der Waals surface area contributed by atoms with Crippen LogP contribution in [-0.4, -0.2) is 5.91 Å². The number of hydrogen-bond acceptors (Lipinski definition) is 2. The van der Waals surface area contributed by atoms with E-state index < -0.39 is 17.2 Å². The molecule has 1 fully saturated rings. The van der Waals surface area contributed by atoms with Gasteiger partial charge in [-0.25, -0.2) is 0 Å². The fourth-order valence-corrected chi connectivity index (χ4v) is 3.54. The van der Waals surface area contributed by atoms with Gasteiger partial charge in [0.05, 0.1) is 11.0 Å². The van der Waals surface area contributed by atoms with Crippen LogP contribution in [0.2, 0.25) is 0 Å². The number of carbonyl (C=O) groups excluding carboxylic acids is 1. The Kier molecular flexibility index (Phi) is 4.94. The van der Waals surface area contributed by atoms with Gasteiger partial charge >= 0.3 is 6.18 Å². The number of primary amides is 1. The summed E-state index contributed by atoms with van der Waals surface area (Å²) in [6.07, 6.45) is -0.422. The van der Waals surface area contributed by atoms with Crippen LogP contribution in [0.15, 0.2) is 48.5 Å². The monoisotopic (exact) mass is 363 g/mol. The molecule has 1 saturated carbocycles. The number of benzene rings is 2. The van der Waals surface area contributed by atoms with E-state index in [4.69, 9.17) is 10.5 Å². The van der Waals surface area contributed by atoms with Crippen molar-refractivity contribution in [2.45, 2.75) is 38.3 Å². The van der Waals surface area contributed by atoms with Crippen LogP contribution >= 0.6 is 0 Å². The van der Waals surface area contributed by atoms with Crippen LogP contribution in [0.1, 0.15) is 36.8 Å². The minimum atomic E-state index is -4.42. The zero-order valence-corrected chi connectivity index (χ0v) is 14.2. The highest BCUT2D eigenvalue weighted by Crippen LogP contribution is 2.41. The molecule has 1 aliphatic carbocycles. The zero-order valence-electron chi connectivity index (χ0n) is 14.2. The van der Waals surface area contributed by atoms with E-state index in [9.17, 15) is 18.0 Å². The van der Waals surface area contributed by atoms with Gasteiger partial charge in [0.1, 0.15) is 11.5 Å². The summed E-state index contributed by atoms with van der Waals surface area (Å²) in [5.74, 6) is 0.251. The fraction of sp³-hybridized carbons (Fsp3) is 0.350. The summed E-state index contributed by atoms with van der Waals surface area (Å²) in [6, 6.07) is 11.8. The molecule has 6 heteroatoms. The van der Waals surface area contributed by atoms with Gasteiger partial charge in [0, 0.05) is 0 Å². The third-order valence-electron chi connectivity index (χ3n) is 4.92. The molecule has 0 radical (unpaired) electrons. The fourth-order valence-electron chi connectivity index (χ4n) is 3.54. The molecule has 0 aliphatic heterocycles. The number of halogens is 3. The molecule has 0 heterocycles. The van der Waals surface area contributed by atoms with Gasteiger partial charge in [-0.3, -0.25) is 4.79 Å². The number of alkyl halides is 3. The Labute approximate surface area is 150 Å². The number of ether oxygens (including phenoxy) is 1. The molecular weight excluding hydrogens is 343 g/mol. The van der Waals surface area contributed by atoms with Crippen LogP contribution in [0.25, 0.3) is 0 Å². The zero-order chi connectivity index (χ0) is 18.8. The molecule has 1 aliphatic rings. The molecule has 2 aromatic carbocycles. The molecule has 0 saturated heterocycles. The van der Waals surface area contributed by atoms with Crippen molar-refractivity contribution in [2.75, 3.05) is 0 Å². The Hall–Kier alpha value is -2.50. The van der Waals surface area contributed by atoms with Crippen LogP contribution < -0.4 is 10.5 Å². The largest absolute Gasteiger partial charge is 0.457 e. The summed E-state index contributed by atoms with van der Waals surface area (Å²) in [6.45, 7) is 0. The first-order valence-corrected chi connectivity index (χ1v) is 8.52. The number of nitrogens with two attached hydrogens (primary N) is 1. The molecule has 2 aromatic rings. The molecule has 26 heavy (non-hydrogen) atoms. The highest BCUT2D eigenvalue weighted by molar-refractivity contribution is 5.81. The van der Waals surface area contributed by atoms with Crippen LogP contribution in [0.3, 0.4) is 0 Å². The van der Waals surface area contributed by atoms with Crippen molar-refractivity contribution in [2.24, 2.45) is 11.1 Å². The number of carbonyl (C=O) groups is 1. The molecule has 2 N–H and O–H groups in total. The van der Waals surface area contributed by atoms with Gasteiger partial charge in [0.2, 0.25) is 5.91 Å². The summed E-state index contributed by atoms with van der Waals surface area (Å²) in [4.78, 5) is 11.9. The highest BCUT2D eigenvalue weighted by atomic mass is 19.4. The van der Waals surface area contributed by atoms with E-state index in [0.29, 0.717) is 12.2 Å². The lowest BCUT2D eigenvalue weighted by molar-refractivity contribution is -0.137. The smallest absolute Gasteiger partial charge is 0.416 e. The molecular formula is C20H20F3NO2. The van der Waals surface area contributed by atoms with Crippen LogP contribution in [0, 0.1) is 5.41 Å². The lowest BCUT2D eigenvalue weighted by Crippen LogP contribution is -2.36. The molecule has 3 nitrogen and oxygen atoms in total. The first kappa shape index (κ1) is 18.3. The highest BCUT2D eigenvalue weighted by Gasteiger charge is 2.39. The second kappa shape index (κ2) is 7.02. The summed E-state index contributed by atoms with van der Waals surface area (Å²) >= 11 is 0. The normalized spacial score (nSPS) is 16.4. The summed E-state index contributed by atoms with van der Waals surface area (Å²) in [5, 5.41) is 0. The first-order valence-electron chi connectivity index (χ1n) is 8.52. The maximum absolute atomic E-state index is 12.8. The van der Waals surface area contributed by atoms with Crippen molar-refractivity contribution < 1.29 is 22.7 Å². The topological polar surface area (TPSA) is 52.3 Å². The van der Waals surface area contributed by atoms with Crippen LogP contribution in [0.5, 0.6) is 11.5 Å². The van der Waals surface area contributed by atoms with Gasteiger partial charge in [0.25, 0.3) is 0 Å². The average molecular weight is 363 g/mol. The summed E-state index contributed by atoms with van der Waals surface area (Å²) in [5.41, 5.74) is 5.21. The third kappa shape index (κ3) is 4.00. The maximum atomic E-state index is 12.8. The van der Waals surface area contributed by atoms with E-state index in [0.717, 1.165) is 43.4 Å². The van der Waals surface area contributed by atoms with Gasteiger partial charge in [0.15, 0.2) is 0 Å². The Balaban J connectivity index is 1.79. The van der Waals surface area contributed by atoms with E-state index in [1.54, 1.807) is 18.2 Å². The lowest BCUT2D eigenvalue weighted by Gasteiger charge is -2.25. The Morgan fingerprint density at radius 3 is 2.27 bits per heavy atom. The Morgan fingerprint density at radius 2 is 1.65 bits per heavy atom. The van der Waals surface area contributed by atoms with Crippen LogP contribution in [-0.2, 0) is 17.4 Å². The summed E-state index contributed by atoms with van der Waals surface area (Å²) < 4.78 is 44.0. The average Bonchev–Trinajstić information content (AvgIpc) is 3.04. The van der Waals surface area contributed by atoms with Crippen molar-refractivity contribution in [3.8, 4) is 11.5 Å². The minimum Gasteiger partial charge on any atom is -0.457 e. The van der Waals surface area contributed by atoms with Gasteiger partial charge in [-0.2, -0.15) is 13.2 Å². The molecule has 0 aromatic heterocycles. The SMILES string of the molecule is NC(=O)C1(Cc2cccc(Oc3cccc(C(F)(F)F)c3)c2)CCCC1. The van der Waals surface area contributed by atoms with Gasteiger partial charge in [-0.05, 0) is 55.2 Å². The van der Waals surface area contributed by atoms with Gasteiger partial charge in [-0.1, -0.05) is 31.0 Å². The minimum absolute atomic E-state index is 0.113. The van der Waals surface area contributed by atoms with E-state index in [1.165, 1.54) is 12.1 Å². The molecule has 0 unspecified atom stereocenters. The van der Waals surface area contributed by atoms with Crippen molar-refractivity contribution in [3.63, 3.8) is 0 Å². The van der Waals surface area contributed by atoms with E-state index in [1.807, 2.05) is 6.07 Å². The Bertz CT molecular complexity index is 796. The van der Waals surface area contributed by atoms with E-state index in [2.05, 4.69) is 0 Å². The number of hydrogen-bond donors (Lipinski definition) is 1. The van der Waals surface area contributed by atoms with Gasteiger partial charge in [-0.15, -0.1) is 0 Å². The van der Waals surface area contributed by atoms with E-state index in [-0.39, 0.29) is 11.7 Å². The van der Waals surface area contributed by atoms with Crippen molar-refractivity contribution in [1.29, 1.82) is 0 Å². The molecule has 138 valence electrons. The van der Waals surface area contributed by atoms with Crippen molar-refractivity contribution >= 4 is 5.91 Å². The molecule has 0 spiro atoms. The first-order chi connectivity index (χ1) is 12.3. The van der Waals surface area contributed by atoms with Crippen molar-refractivity contribution in [1.82, 2.24) is 0 Å². The van der Waals surface area contributed by atoms with Crippen LogP contribution in [0.4, 0.5) is 13.2 Å².